The predicted molar refractivity (Wildman–Crippen MR) is 166 cm³/mol. The Morgan fingerprint density at radius 1 is 0.711 bits per heavy atom. The van der Waals surface area contributed by atoms with Crippen molar-refractivity contribution in [3.8, 4) is 11.1 Å². The molecule has 3 heteroatoms. The minimum atomic E-state index is 0. The van der Waals surface area contributed by atoms with E-state index in [2.05, 4.69) is 104 Å². The molecule has 6 rings (SSSR count). The minimum absolute atomic E-state index is 0. The summed E-state index contributed by atoms with van der Waals surface area (Å²) in [5, 5.41) is 0. The molecular weight excluding hydrogens is 583 g/mol. The van der Waals surface area contributed by atoms with Crippen molar-refractivity contribution in [3.05, 3.63) is 156 Å². The van der Waals surface area contributed by atoms with Crippen LogP contribution in [0.2, 0.25) is 0 Å². The number of halogens is 2. The van der Waals surface area contributed by atoms with E-state index in [1.54, 1.807) is 0 Å². The second-order valence-electron chi connectivity index (χ2n) is 9.02. The first kappa shape index (κ1) is 35.7. The third-order valence-corrected chi connectivity index (χ3v) is 5.39. The van der Waals surface area contributed by atoms with Crippen LogP contribution in [0.15, 0.2) is 115 Å². The summed E-state index contributed by atoms with van der Waals surface area (Å²) in [6.07, 6.45) is 11.0. The van der Waals surface area contributed by atoms with Gasteiger partial charge in [0.1, 0.15) is 0 Å². The van der Waals surface area contributed by atoms with Crippen LogP contribution in [0.3, 0.4) is 0 Å². The van der Waals surface area contributed by atoms with E-state index in [1.165, 1.54) is 52.1 Å². The number of rotatable bonds is 0. The van der Waals surface area contributed by atoms with E-state index in [-0.39, 0.29) is 30.2 Å². The Morgan fingerprint density at radius 3 is 1.82 bits per heavy atom. The number of hydrogen-bond donors (Lipinski definition) is 0. The van der Waals surface area contributed by atoms with Crippen molar-refractivity contribution in [3.63, 3.8) is 0 Å². The number of allylic oxidation sites excluding steroid dienone is 4. The number of hydrogen-bond acceptors (Lipinski definition) is 0. The van der Waals surface area contributed by atoms with Gasteiger partial charge in [0, 0.05) is 0 Å². The molecule has 0 radical (unpaired) electrons. The maximum atomic E-state index is 3.34. The summed E-state index contributed by atoms with van der Waals surface area (Å²) in [5.41, 5.74) is 7.15. The summed E-state index contributed by atoms with van der Waals surface area (Å²) in [5.74, 6) is 0. The van der Waals surface area contributed by atoms with Gasteiger partial charge in [0.25, 0.3) is 0 Å². The molecule has 2 aliphatic carbocycles. The Balaban J connectivity index is 0.000000490. The van der Waals surface area contributed by atoms with Gasteiger partial charge in [-0.25, -0.2) is 12.2 Å². The van der Waals surface area contributed by atoms with Gasteiger partial charge in [0.15, 0.2) is 0 Å². The van der Waals surface area contributed by atoms with E-state index in [9.17, 15) is 0 Å². The number of fused-ring (bicyclic) bond motifs is 3. The third-order valence-electron chi connectivity index (χ3n) is 5.39. The van der Waals surface area contributed by atoms with Crippen LogP contribution in [-0.2, 0) is 36.1 Å². The van der Waals surface area contributed by atoms with Gasteiger partial charge < -0.3 is 0 Å². The molecule has 0 aromatic heterocycles. The zero-order valence-corrected chi connectivity index (χ0v) is 26.5. The van der Waals surface area contributed by atoms with E-state index >= 15 is 0 Å². The zero-order valence-electron chi connectivity index (χ0n) is 22.4. The monoisotopic (exact) mass is 616 g/mol. The van der Waals surface area contributed by atoms with Crippen LogP contribution in [0.1, 0.15) is 43.9 Å². The molecule has 0 unspecified atom stereocenters. The maximum Gasteiger partial charge on any atom is -0.0253 e. The first-order chi connectivity index (χ1) is 17.6. The smallest absolute Gasteiger partial charge is 0.0253 e. The molecule has 4 aromatic rings. The second kappa shape index (κ2) is 20.6. The fourth-order valence-electron chi connectivity index (χ4n) is 3.57. The van der Waals surface area contributed by atoms with Crippen molar-refractivity contribution >= 4 is 29.0 Å². The molecule has 0 nitrogen and oxygen atoms in total. The topological polar surface area (TPSA) is 0 Å². The summed E-state index contributed by atoms with van der Waals surface area (Å²) >= 11 is 1.30. The Bertz CT molecular complexity index is 1110. The Morgan fingerprint density at radius 2 is 1.34 bits per heavy atom. The van der Waals surface area contributed by atoms with Crippen LogP contribution in [-0.4, -0.2) is 4.21 Å². The van der Waals surface area contributed by atoms with Crippen LogP contribution >= 0.6 is 24.8 Å². The number of benzene rings is 4. The van der Waals surface area contributed by atoms with Gasteiger partial charge >= 0.3 is 28.4 Å². The van der Waals surface area contributed by atoms with E-state index in [4.69, 9.17) is 0 Å². The molecule has 0 fully saturated rings. The molecule has 0 aliphatic heterocycles. The zero-order chi connectivity index (χ0) is 26.1. The van der Waals surface area contributed by atoms with E-state index < -0.39 is 0 Å². The van der Waals surface area contributed by atoms with Crippen molar-refractivity contribution in [1.82, 2.24) is 0 Å². The summed E-state index contributed by atoms with van der Waals surface area (Å²) in [4.78, 5) is 0. The standard InChI is InChI=1S/C13H9.C10H13.C6H5.C5H5.CH2.2ClH.Zr/c1-3-7-12-10(5-1)9-11-6-2-4-8-13(11)12;1-10(2,3)9-7-5-4-6-8-9;1-2-4-6-5-3-1;1-2-4-5-3-1;;;;/h1-5,7-8H,9H2;5-8H,1-3H3;1-5H;1-3H,4H2;1H2;2*1H;/q4*-1;;;;. The molecule has 0 N–H and O–H groups in total. The van der Waals surface area contributed by atoms with Gasteiger partial charge in [-0.15, -0.1) is 36.8 Å². The summed E-state index contributed by atoms with van der Waals surface area (Å²) < 4.78 is 3.34. The third kappa shape index (κ3) is 13.0. The summed E-state index contributed by atoms with van der Waals surface area (Å²) in [7, 11) is 0. The fourth-order valence-corrected chi connectivity index (χ4v) is 3.57. The SMILES string of the molecule is CC(C)(C)c1cc[c-]cc1.Cl.Cl.[C-]1=CC=CC1.[CH2]=[Zr].[c-]1cccc2c1Cc1ccccc1-2.[c-]1ccccc1. The molecule has 0 saturated carbocycles. The Hall–Kier alpha value is -2.31. The van der Waals surface area contributed by atoms with Crippen molar-refractivity contribution in [2.75, 3.05) is 0 Å². The predicted octanol–water partition coefficient (Wildman–Crippen LogP) is 9.44. The first-order valence-corrected chi connectivity index (χ1v) is 13.8. The molecule has 0 amide bonds. The van der Waals surface area contributed by atoms with Gasteiger partial charge in [-0.1, -0.05) is 56.2 Å². The van der Waals surface area contributed by atoms with E-state index in [0.29, 0.717) is 0 Å². The molecular formula is C35H36Cl2Zr-4. The molecule has 0 bridgehead atoms. The fraction of sp³-hybridized carbons (Fsp3) is 0.171. The van der Waals surface area contributed by atoms with Crippen LogP contribution < -0.4 is 0 Å². The van der Waals surface area contributed by atoms with Crippen LogP contribution in [0.25, 0.3) is 11.1 Å². The van der Waals surface area contributed by atoms with Crippen molar-refractivity contribution < 1.29 is 24.2 Å². The minimum Gasteiger partial charge on any atom is -0.184 e. The van der Waals surface area contributed by atoms with Gasteiger partial charge in [-0.3, -0.25) is 6.08 Å². The Labute approximate surface area is 258 Å². The maximum absolute atomic E-state index is 3.34. The average Bonchev–Trinajstić information content (AvgIpc) is 3.64. The molecule has 0 heterocycles. The van der Waals surface area contributed by atoms with E-state index in [1.807, 2.05) is 60.7 Å². The molecule has 0 atom stereocenters. The van der Waals surface area contributed by atoms with Crippen molar-refractivity contribution in [1.29, 1.82) is 0 Å². The van der Waals surface area contributed by atoms with Gasteiger partial charge in [0.05, 0.1) is 0 Å². The average molecular weight is 619 g/mol. The molecule has 4 aromatic carbocycles. The van der Waals surface area contributed by atoms with Gasteiger partial charge in [-0.05, 0) is 11.8 Å². The van der Waals surface area contributed by atoms with Crippen molar-refractivity contribution in [2.45, 2.75) is 39.0 Å². The molecule has 38 heavy (non-hydrogen) atoms. The van der Waals surface area contributed by atoms with Gasteiger partial charge in [0.2, 0.25) is 0 Å². The van der Waals surface area contributed by atoms with Gasteiger partial charge in [-0.2, -0.15) is 108 Å². The summed E-state index contributed by atoms with van der Waals surface area (Å²) in [6.45, 7) is 6.63. The molecule has 0 spiro atoms. The quantitative estimate of drug-likeness (QED) is 0.152. The first-order valence-electron chi connectivity index (χ1n) is 12.1. The Kier molecular flexibility index (Phi) is 19.4. The normalized spacial score (nSPS) is 10.9. The van der Waals surface area contributed by atoms with Crippen LogP contribution in [0.5, 0.6) is 0 Å². The van der Waals surface area contributed by atoms with Crippen LogP contribution in [0.4, 0.5) is 0 Å². The van der Waals surface area contributed by atoms with Crippen LogP contribution in [0, 0.1) is 24.3 Å². The molecule has 0 saturated heterocycles. The largest absolute Gasteiger partial charge is 0.184 e. The second-order valence-corrected chi connectivity index (χ2v) is 9.02. The van der Waals surface area contributed by atoms with E-state index in [0.717, 1.165) is 12.8 Å². The molecule has 198 valence electrons. The van der Waals surface area contributed by atoms with Crippen molar-refractivity contribution in [2.24, 2.45) is 0 Å². The summed E-state index contributed by atoms with van der Waals surface area (Å²) in [6, 6.07) is 41.8. The molecule has 2 aliphatic rings.